The SMILES string of the molecule is O=C(NCc1ccnc(OC2CCCC2)c1)N[C@H]1CCO[C@@H]1C1CC1. The standard InChI is InChI=1S/C19H27N3O3/c23-19(22-16-8-10-24-18(16)14-5-6-14)21-12-13-7-9-20-17(11-13)25-15-3-1-2-4-15/h7,9,11,14-16,18H,1-6,8,10,12H2,(H2,21,22,23)/t16-,18+/m0/s1. The third-order valence-corrected chi connectivity index (χ3v) is 5.38. The van der Waals surface area contributed by atoms with E-state index in [1.54, 1.807) is 6.20 Å². The summed E-state index contributed by atoms with van der Waals surface area (Å²) in [6.45, 7) is 1.22. The first-order valence-corrected chi connectivity index (χ1v) is 9.55. The fourth-order valence-corrected chi connectivity index (χ4v) is 3.86. The quantitative estimate of drug-likeness (QED) is 0.831. The number of carbonyl (C=O) groups is 1. The maximum Gasteiger partial charge on any atom is 0.315 e. The maximum absolute atomic E-state index is 12.2. The highest BCUT2D eigenvalue weighted by Gasteiger charge is 2.41. The summed E-state index contributed by atoms with van der Waals surface area (Å²) in [6, 6.07) is 3.85. The first kappa shape index (κ1) is 16.6. The molecule has 1 aromatic rings. The van der Waals surface area contributed by atoms with Crippen molar-refractivity contribution in [3.8, 4) is 5.88 Å². The number of aromatic nitrogens is 1. The van der Waals surface area contributed by atoms with Crippen LogP contribution < -0.4 is 15.4 Å². The van der Waals surface area contributed by atoms with Crippen molar-refractivity contribution in [1.29, 1.82) is 0 Å². The van der Waals surface area contributed by atoms with Crippen LogP contribution in [0.1, 0.15) is 50.5 Å². The number of pyridine rings is 1. The first-order valence-electron chi connectivity index (χ1n) is 9.55. The monoisotopic (exact) mass is 345 g/mol. The summed E-state index contributed by atoms with van der Waals surface area (Å²) in [5.74, 6) is 1.30. The number of urea groups is 1. The van der Waals surface area contributed by atoms with Gasteiger partial charge in [-0.1, -0.05) is 0 Å². The zero-order chi connectivity index (χ0) is 17.1. The molecule has 4 rings (SSSR count). The Bertz CT molecular complexity index is 599. The summed E-state index contributed by atoms with van der Waals surface area (Å²) in [6.07, 6.45) is 10.3. The molecular formula is C19H27N3O3. The van der Waals surface area contributed by atoms with Gasteiger partial charge < -0.3 is 20.1 Å². The van der Waals surface area contributed by atoms with E-state index in [1.807, 2.05) is 12.1 Å². The molecule has 3 fully saturated rings. The minimum absolute atomic E-state index is 0.128. The summed E-state index contributed by atoms with van der Waals surface area (Å²) in [4.78, 5) is 16.5. The number of amides is 2. The number of nitrogens with one attached hydrogen (secondary N) is 2. The van der Waals surface area contributed by atoms with Crippen LogP contribution in [0, 0.1) is 5.92 Å². The molecule has 25 heavy (non-hydrogen) atoms. The highest BCUT2D eigenvalue weighted by molar-refractivity contribution is 5.74. The van der Waals surface area contributed by atoms with Gasteiger partial charge in [-0.3, -0.25) is 0 Å². The van der Waals surface area contributed by atoms with Gasteiger partial charge in [0.1, 0.15) is 6.10 Å². The van der Waals surface area contributed by atoms with Gasteiger partial charge in [0, 0.05) is 25.4 Å². The third-order valence-electron chi connectivity index (χ3n) is 5.38. The third kappa shape index (κ3) is 4.42. The van der Waals surface area contributed by atoms with Gasteiger partial charge in [-0.2, -0.15) is 0 Å². The lowest BCUT2D eigenvalue weighted by atomic mass is 10.1. The molecule has 3 aliphatic rings. The molecule has 1 saturated heterocycles. The molecule has 0 unspecified atom stereocenters. The van der Waals surface area contributed by atoms with Gasteiger partial charge in [-0.05, 0) is 62.5 Å². The molecule has 0 bridgehead atoms. The Morgan fingerprint density at radius 3 is 2.88 bits per heavy atom. The second-order valence-electron chi connectivity index (χ2n) is 7.42. The first-order chi connectivity index (χ1) is 12.3. The van der Waals surface area contributed by atoms with Gasteiger partial charge in [-0.25, -0.2) is 9.78 Å². The van der Waals surface area contributed by atoms with Crippen molar-refractivity contribution >= 4 is 6.03 Å². The topological polar surface area (TPSA) is 72.5 Å². The zero-order valence-electron chi connectivity index (χ0n) is 14.6. The molecule has 1 aliphatic heterocycles. The Labute approximate surface area is 148 Å². The molecule has 2 heterocycles. The molecule has 2 N–H and O–H groups in total. The molecule has 6 heteroatoms. The summed E-state index contributed by atoms with van der Waals surface area (Å²) >= 11 is 0. The molecule has 2 aliphatic carbocycles. The summed E-state index contributed by atoms with van der Waals surface area (Å²) in [5, 5.41) is 6.01. The van der Waals surface area contributed by atoms with Crippen molar-refractivity contribution in [2.45, 2.75) is 69.7 Å². The normalized spacial score (nSPS) is 26.6. The average molecular weight is 345 g/mol. The van der Waals surface area contributed by atoms with E-state index in [-0.39, 0.29) is 18.2 Å². The fourth-order valence-electron chi connectivity index (χ4n) is 3.86. The van der Waals surface area contributed by atoms with E-state index in [0.29, 0.717) is 24.4 Å². The Balaban J connectivity index is 1.25. The van der Waals surface area contributed by atoms with E-state index in [0.717, 1.165) is 31.4 Å². The maximum atomic E-state index is 12.2. The molecule has 0 radical (unpaired) electrons. The predicted octanol–water partition coefficient (Wildman–Crippen LogP) is 2.77. The van der Waals surface area contributed by atoms with Crippen LogP contribution in [0.2, 0.25) is 0 Å². The van der Waals surface area contributed by atoms with Crippen LogP contribution in [0.4, 0.5) is 4.79 Å². The van der Waals surface area contributed by atoms with Crippen LogP contribution in [0.15, 0.2) is 18.3 Å². The van der Waals surface area contributed by atoms with Crippen LogP contribution in [-0.4, -0.2) is 35.9 Å². The smallest absolute Gasteiger partial charge is 0.315 e. The Morgan fingerprint density at radius 1 is 1.24 bits per heavy atom. The molecule has 1 aromatic heterocycles. The molecule has 2 amide bonds. The summed E-state index contributed by atoms with van der Waals surface area (Å²) < 4.78 is 11.7. The van der Waals surface area contributed by atoms with Crippen LogP contribution in [-0.2, 0) is 11.3 Å². The number of carbonyl (C=O) groups excluding carboxylic acids is 1. The Hall–Kier alpha value is -1.82. The van der Waals surface area contributed by atoms with E-state index < -0.39 is 0 Å². The molecule has 0 aromatic carbocycles. The van der Waals surface area contributed by atoms with Crippen LogP contribution in [0.25, 0.3) is 0 Å². The zero-order valence-corrected chi connectivity index (χ0v) is 14.6. The molecule has 2 atom stereocenters. The number of nitrogens with zero attached hydrogens (tertiary/aromatic N) is 1. The van der Waals surface area contributed by atoms with Crippen LogP contribution in [0.5, 0.6) is 5.88 Å². The second kappa shape index (κ2) is 7.60. The van der Waals surface area contributed by atoms with Crippen molar-refractivity contribution in [2.75, 3.05) is 6.61 Å². The number of rotatable bonds is 6. The second-order valence-corrected chi connectivity index (χ2v) is 7.42. The van der Waals surface area contributed by atoms with Gasteiger partial charge in [0.25, 0.3) is 0 Å². The lowest BCUT2D eigenvalue weighted by Crippen LogP contribution is -2.46. The van der Waals surface area contributed by atoms with E-state index in [1.165, 1.54) is 25.7 Å². The van der Waals surface area contributed by atoms with Crippen molar-refractivity contribution in [2.24, 2.45) is 5.92 Å². The van der Waals surface area contributed by atoms with Crippen LogP contribution >= 0.6 is 0 Å². The minimum Gasteiger partial charge on any atom is -0.474 e. The largest absolute Gasteiger partial charge is 0.474 e. The van der Waals surface area contributed by atoms with Gasteiger partial charge >= 0.3 is 6.03 Å². The van der Waals surface area contributed by atoms with Gasteiger partial charge in [0.2, 0.25) is 5.88 Å². The van der Waals surface area contributed by atoms with Crippen LogP contribution in [0.3, 0.4) is 0 Å². The van der Waals surface area contributed by atoms with E-state index in [9.17, 15) is 4.79 Å². The van der Waals surface area contributed by atoms with Crippen molar-refractivity contribution in [3.05, 3.63) is 23.9 Å². The molecule has 0 spiro atoms. The predicted molar refractivity (Wildman–Crippen MR) is 93.4 cm³/mol. The van der Waals surface area contributed by atoms with Crippen molar-refractivity contribution < 1.29 is 14.3 Å². The fraction of sp³-hybridized carbons (Fsp3) is 0.684. The molecule has 6 nitrogen and oxygen atoms in total. The van der Waals surface area contributed by atoms with Gasteiger partial charge in [0.05, 0.1) is 12.1 Å². The number of hydrogen-bond donors (Lipinski definition) is 2. The minimum atomic E-state index is -0.128. The van der Waals surface area contributed by atoms with E-state index in [4.69, 9.17) is 9.47 Å². The summed E-state index contributed by atoms with van der Waals surface area (Å²) in [5.41, 5.74) is 1.000. The Kier molecular flexibility index (Phi) is 5.06. The lowest BCUT2D eigenvalue weighted by molar-refractivity contribution is 0.0825. The highest BCUT2D eigenvalue weighted by atomic mass is 16.5. The number of hydrogen-bond acceptors (Lipinski definition) is 4. The van der Waals surface area contributed by atoms with Crippen molar-refractivity contribution in [3.63, 3.8) is 0 Å². The average Bonchev–Trinajstić information content (AvgIpc) is 3.13. The van der Waals surface area contributed by atoms with E-state index in [2.05, 4.69) is 15.6 Å². The molecule has 136 valence electrons. The lowest BCUT2D eigenvalue weighted by Gasteiger charge is -2.19. The molecule has 2 saturated carbocycles. The van der Waals surface area contributed by atoms with Crippen molar-refractivity contribution in [1.82, 2.24) is 15.6 Å². The van der Waals surface area contributed by atoms with Gasteiger partial charge in [-0.15, -0.1) is 0 Å². The van der Waals surface area contributed by atoms with Gasteiger partial charge in [0.15, 0.2) is 0 Å². The number of ether oxygens (including phenoxy) is 2. The molecular weight excluding hydrogens is 318 g/mol. The summed E-state index contributed by atoms with van der Waals surface area (Å²) in [7, 11) is 0. The highest BCUT2D eigenvalue weighted by Crippen LogP contribution is 2.38. The van der Waals surface area contributed by atoms with E-state index >= 15 is 0 Å². The Morgan fingerprint density at radius 2 is 2.08 bits per heavy atom.